The highest BCUT2D eigenvalue weighted by Gasteiger charge is 2.42. The van der Waals surface area contributed by atoms with Crippen LogP contribution in [0.5, 0.6) is 0 Å². The summed E-state index contributed by atoms with van der Waals surface area (Å²) in [6.45, 7) is 9.85. The van der Waals surface area contributed by atoms with E-state index in [4.69, 9.17) is 4.98 Å². The number of benzene rings is 1. The smallest absolute Gasteiger partial charge is 0.230 e. The van der Waals surface area contributed by atoms with E-state index in [2.05, 4.69) is 44.8 Å². The Labute approximate surface area is 138 Å². The van der Waals surface area contributed by atoms with Crippen LogP contribution in [0.4, 0.5) is 0 Å². The lowest BCUT2D eigenvalue weighted by Gasteiger charge is -2.35. The van der Waals surface area contributed by atoms with Gasteiger partial charge in [0.1, 0.15) is 0 Å². The first kappa shape index (κ1) is 14.6. The van der Waals surface area contributed by atoms with Gasteiger partial charge in [0.2, 0.25) is 5.91 Å². The molecule has 0 spiro atoms. The van der Waals surface area contributed by atoms with Gasteiger partial charge in [-0.15, -0.1) is 0 Å². The van der Waals surface area contributed by atoms with Crippen molar-refractivity contribution in [3.8, 4) is 0 Å². The third-order valence-corrected chi connectivity index (χ3v) is 7.27. The van der Waals surface area contributed by atoms with Crippen LogP contribution in [-0.2, 0) is 11.3 Å². The minimum Gasteiger partial charge on any atom is -0.306 e. The van der Waals surface area contributed by atoms with Crippen LogP contribution < -0.4 is 0 Å². The molecule has 2 aromatic rings. The highest BCUT2D eigenvalue weighted by Crippen LogP contribution is 2.44. The highest BCUT2D eigenvalue weighted by molar-refractivity contribution is 6.84. The minimum atomic E-state index is -1.50. The van der Waals surface area contributed by atoms with E-state index in [9.17, 15) is 4.79 Å². The van der Waals surface area contributed by atoms with Crippen molar-refractivity contribution in [1.29, 1.82) is 0 Å². The van der Waals surface area contributed by atoms with Crippen LogP contribution in [0.1, 0.15) is 24.6 Å². The second-order valence-corrected chi connectivity index (χ2v) is 12.9. The Kier molecular flexibility index (Phi) is 3.04. The van der Waals surface area contributed by atoms with Crippen molar-refractivity contribution in [3.05, 3.63) is 46.8 Å². The van der Waals surface area contributed by atoms with E-state index in [0.29, 0.717) is 6.54 Å². The van der Waals surface area contributed by atoms with Crippen molar-refractivity contribution in [2.75, 3.05) is 0 Å². The fraction of sp³-hybridized carbons (Fsp3) is 0.368. The first-order valence-electron chi connectivity index (χ1n) is 8.30. The molecule has 1 aromatic carbocycles. The Bertz CT molecular complexity index is 863. The summed E-state index contributed by atoms with van der Waals surface area (Å²) in [6.07, 6.45) is 0.897. The Morgan fingerprint density at radius 3 is 2.70 bits per heavy atom. The molecule has 3 heterocycles. The lowest BCUT2D eigenvalue weighted by Crippen LogP contribution is -2.40. The number of aromatic nitrogens is 1. The molecule has 2 aliphatic heterocycles. The molecule has 0 saturated heterocycles. The van der Waals surface area contributed by atoms with Crippen LogP contribution in [0.25, 0.3) is 16.6 Å². The normalized spacial score (nSPS) is 21.0. The fourth-order valence-corrected chi connectivity index (χ4v) is 5.66. The van der Waals surface area contributed by atoms with Crippen LogP contribution in [0.3, 0.4) is 0 Å². The van der Waals surface area contributed by atoms with Crippen molar-refractivity contribution in [2.24, 2.45) is 5.92 Å². The molecule has 1 atom stereocenters. The quantitative estimate of drug-likeness (QED) is 0.737. The number of amides is 1. The zero-order valence-electron chi connectivity index (χ0n) is 14.2. The number of carbonyl (C=O) groups is 1. The van der Waals surface area contributed by atoms with Crippen LogP contribution >= 0.6 is 0 Å². The molecule has 3 nitrogen and oxygen atoms in total. The van der Waals surface area contributed by atoms with E-state index in [-0.39, 0.29) is 11.8 Å². The summed E-state index contributed by atoms with van der Waals surface area (Å²) in [5, 5.41) is 2.65. The molecule has 1 unspecified atom stereocenters. The number of hydrogen-bond acceptors (Lipinski definition) is 2. The Morgan fingerprint density at radius 2 is 1.96 bits per heavy atom. The van der Waals surface area contributed by atoms with Gasteiger partial charge in [-0.25, -0.2) is 4.98 Å². The maximum absolute atomic E-state index is 12.7. The molecule has 1 aromatic heterocycles. The lowest BCUT2D eigenvalue weighted by molar-refractivity contribution is -0.132. The van der Waals surface area contributed by atoms with E-state index in [0.717, 1.165) is 28.7 Å². The van der Waals surface area contributed by atoms with Crippen molar-refractivity contribution in [3.63, 3.8) is 0 Å². The maximum Gasteiger partial charge on any atom is 0.230 e. The van der Waals surface area contributed by atoms with Gasteiger partial charge in [-0.3, -0.25) is 4.79 Å². The number of carbonyl (C=O) groups excluding carboxylic acids is 1. The molecule has 4 heteroatoms. The van der Waals surface area contributed by atoms with Gasteiger partial charge in [0.15, 0.2) is 0 Å². The Balaban J connectivity index is 2.00. The average Bonchev–Trinajstić information content (AvgIpc) is 2.86. The molecule has 23 heavy (non-hydrogen) atoms. The zero-order valence-corrected chi connectivity index (χ0v) is 15.2. The van der Waals surface area contributed by atoms with Gasteiger partial charge in [-0.05, 0) is 18.6 Å². The summed E-state index contributed by atoms with van der Waals surface area (Å²) in [5.74, 6) is 0.341. The first-order chi connectivity index (χ1) is 10.9. The molecule has 1 amide bonds. The summed E-state index contributed by atoms with van der Waals surface area (Å²) in [6, 6.07) is 10.4. The topological polar surface area (TPSA) is 33.2 Å². The second kappa shape index (κ2) is 4.77. The third-order valence-electron chi connectivity index (χ3n) is 5.01. The van der Waals surface area contributed by atoms with E-state index < -0.39 is 8.07 Å². The molecule has 0 aliphatic carbocycles. The standard InChI is InChI=1S/C19H22N2OSi/c1-12-9-16(23(2,3)4)18-17-14(11-21(18)19(12)22)10-13-7-5-6-8-15(13)20-17/h5-8,10,12H,9,11H2,1-4H3. The van der Waals surface area contributed by atoms with Crippen molar-refractivity contribution in [2.45, 2.75) is 39.5 Å². The van der Waals surface area contributed by atoms with Crippen molar-refractivity contribution < 1.29 is 4.79 Å². The molecule has 0 saturated carbocycles. The third kappa shape index (κ3) is 2.16. The number of allylic oxidation sites excluding steroid dienone is 1. The molecule has 0 fully saturated rings. The summed E-state index contributed by atoms with van der Waals surface area (Å²) in [4.78, 5) is 19.7. The molecule has 0 radical (unpaired) electrons. The number of pyridine rings is 1. The van der Waals surface area contributed by atoms with Gasteiger partial charge < -0.3 is 4.90 Å². The van der Waals surface area contributed by atoms with Crippen molar-refractivity contribution >= 4 is 30.6 Å². The number of fused-ring (bicyclic) bond motifs is 4. The zero-order chi connectivity index (χ0) is 16.4. The maximum atomic E-state index is 12.7. The van der Waals surface area contributed by atoms with Gasteiger partial charge in [0.25, 0.3) is 0 Å². The highest BCUT2D eigenvalue weighted by atomic mass is 28.3. The van der Waals surface area contributed by atoms with Crippen molar-refractivity contribution in [1.82, 2.24) is 9.88 Å². The lowest BCUT2D eigenvalue weighted by atomic mass is 10.0. The number of rotatable bonds is 1. The predicted molar refractivity (Wildman–Crippen MR) is 96.3 cm³/mol. The van der Waals surface area contributed by atoms with Gasteiger partial charge in [-0.2, -0.15) is 0 Å². The first-order valence-corrected chi connectivity index (χ1v) is 11.8. The summed E-state index contributed by atoms with van der Waals surface area (Å²) in [7, 11) is -1.50. The molecular formula is C19H22N2OSi. The second-order valence-electron chi connectivity index (χ2n) is 7.80. The molecule has 118 valence electrons. The van der Waals surface area contributed by atoms with E-state index in [1.807, 2.05) is 17.0 Å². The summed E-state index contributed by atoms with van der Waals surface area (Å²) >= 11 is 0. The van der Waals surface area contributed by atoms with Crippen LogP contribution in [0, 0.1) is 5.92 Å². The molecule has 0 N–H and O–H groups in total. The number of nitrogens with zero attached hydrogens (tertiary/aromatic N) is 2. The van der Waals surface area contributed by atoms with Crippen LogP contribution in [0.2, 0.25) is 19.6 Å². The Morgan fingerprint density at radius 1 is 1.22 bits per heavy atom. The largest absolute Gasteiger partial charge is 0.306 e. The summed E-state index contributed by atoms with van der Waals surface area (Å²) in [5.41, 5.74) is 4.38. The van der Waals surface area contributed by atoms with E-state index in [1.165, 1.54) is 10.8 Å². The number of para-hydroxylation sites is 1. The van der Waals surface area contributed by atoms with Crippen LogP contribution in [-0.4, -0.2) is 23.9 Å². The van der Waals surface area contributed by atoms with Gasteiger partial charge in [0, 0.05) is 16.9 Å². The molecule has 2 aliphatic rings. The fourth-order valence-electron chi connectivity index (χ4n) is 3.77. The average molecular weight is 322 g/mol. The molecule has 0 bridgehead atoms. The Hall–Kier alpha value is -1.94. The predicted octanol–water partition coefficient (Wildman–Crippen LogP) is 4.21. The SMILES string of the molecule is CC1CC([Si](C)(C)C)=C2c3nc4ccccc4cc3CN2C1=O. The van der Waals surface area contributed by atoms with E-state index >= 15 is 0 Å². The van der Waals surface area contributed by atoms with Gasteiger partial charge in [0.05, 0.1) is 31.5 Å². The monoisotopic (exact) mass is 322 g/mol. The van der Waals surface area contributed by atoms with Gasteiger partial charge >= 0.3 is 0 Å². The minimum absolute atomic E-state index is 0.0872. The number of hydrogen-bond donors (Lipinski definition) is 0. The van der Waals surface area contributed by atoms with E-state index in [1.54, 1.807) is 0 Å². The summed E-state index contributed by atoms with van der Waals surface area (Å²) < 4.78 is 0. The molecule has 4 rings (SSSR count). The molecular weight excluding hydrogens is 300 g/mol. The van der Waals surface area contributed by atoms with Crippen LogP contribution in [0.15, 0.2) is 35.5 Å². The van der Waals surface area contributed by atoms with Gasteiger partial charge in [-0.1, -0.05) is 50.0 Å².